The van der Waals surface area contributed by atoms with E-state index < -0.39 is 17.5 Å². The van der Waals surface area contributed by atoms with Gasteiger partial charge in [0.05, 0.1) is 5.69 Å². The molecular formula is C18H18F2N2O3. The maximum atomic E-state index is 13.6. The summed E-state index contributed by atoms with van der Waals surface area (Å²) in [6, 6.07) is 8.80. The van der Waals surface area contributed by atoms with Gasteiger partial charge in [0.2, 0.25) is 0 Å². The molecule has 2 aromatic rings. The average Bonchev–Trinajstić information content (AvgIpc) is 2.61. The Hall–Kier alpha value is -2.80. The Balaban J connectivity index is 1.96. The second-order valence-corrected chi connectivity index (χ2v) is 5.26. The highest BCUT2D eigenvalue weighted by Gasteiger charge is 2.11. The second kappa shape index (κ2) is 8.89. The predicted octanol–water partition coefficient (Wildman–Crippen LogP) is 2.98. The first kappa shape index (κ1) is 18.5. The van der Waals surface area contributed by atoms with Crippen molar-refractivity contribution in [2.75, 3.05) is 25.6 Å². The third kappa shape index (κ3) is 5.36. The van der Waals surface area contributed by atoms with Gasteiger partial charge in [-0.05, 0) is 42.8 Å². The summed E-state index contributed by atoms with van der Waals surface area (Å²) < 4.78 is 31.3. The van der Waals surface area contributed by atoms with Crippen molar-refractivity contribution in [2.45, 2.75) is 6.42 Å². The number of methoxy groups -OCH3 is 1. The minimum atomic E-state index is -0.861. The maximum absolute atomic E-state index is 13.6. The maximum Gasteiger partial charge on any atom is 0.255 e. The highest BCUT2D eigenvalue weighted by atomic mass is 19.1. The largest absolute Gasteiger partial charge is 0.385 e. The van der Waals surface area contributed by atoms with Gasteiger partial charge >= 0.3 is 0 Å². The number of carbonyl (C=O) groups is 2. The topological polar surface area (TPSA) is 67.4 Å². The molecule has 0 radical (unpaired) electrons. The number of anilines is 1. The number of halogens is 2. The van der Waals surface area contributed by atoms with E-state index >= 15 is 0 Å². The minimum absolute atomic E-state index is 0.119. The molecule has 25 heavy (non-hydrogen) atoms. The van der Waals surface area contributed by atoms with Crippen molar-refractivity contribution in [2.24, 2.45) is 0 Å². The summed E-state index contributed by atoms with van der Waals surface area (Å²) in [5.74, 6) is -2.40. The fraction of sp³-hybridized carbons (Fsp3) is 0.222. The van der Waals surface area contributed by atoms with Crippen molar-refractivity contribution in [3.8, 4) is 0 Å². The SMILES string of the molecule is COCCCNC(=O)c1ccc(C(=O)Nc2ccc(F)cc2F)cc1. The van der Waals surface area contributed by atoms with E-state index in [9.17, 15) is 18.4 Å². The van der Waals surface area contributed by atoms with Crippen LogP contribution in [0.1, 0.15) is 27.1 Å². The number of rotatable bonds is 7. The van der Waals surface area contributed by atoms with Gasteiger partial charge < -0.3 is 15.4 Å². The molecule has 132 valence electrons. The molecule has 0 aliphatic rings. The molecule has 0 heterocycles. The first-order valence-electron chi connectivity index (χ1n) is 7.65. The lowest BCUT2D eigenvalue weighted by Crippen LogP contribution is -2.25. The molecule has 2 N–H and O–H groups in total. The Morgan fingerprint density at radius 1 is 1.00 bits per heavy atom. The summed E-state index contributed by atoms with van der Waals surface area (Å²) in [7, 11) is 1.59. The lowest BCUT2D eigenvalue weighted by atomic mass is 10.1. The average molecular weight is 348 g/mol. The lowest BCUT2D eigenvalue weighted by molar-refractivity contribution is 0.0947. The van der Waals surface area contributed by atoms with Gasteiger partial charge in [-0.25, -0.2) is 8.78 Å². The molecule has 0 atom stereocenters. The predicted molar refractivity (Wildman–Crippen MR) is 89.6 cm³/mol. The van der Waals surface area contributed by atoms with E-state index in [-0.39, 0.29) is 17.2 Å². The van der Waals surface area contributed by atoms with E-state index in [1.165, 1.54) is 24.3 Å². The van der Waals surface area contributed by atoms with Crippen LogP contribution in [0.3, 0.4) is 0 Å². The molecule has 0 saturated heterocycles. The van der Waals surface area contributed by atoms with Crippen LogP contribution in [0.4, 0.5) is 14.5 Å². The summed E-state index contributed by atoms with van der Waals surface area (Å²) in [4.78, 5) is 24.0. The van der Waals surface area contributed by atoms with Crippen molar-refractivity contribution in [1.82, 2.24) is 5.32 Å². The molecule has 0 aliphatic carbocycles. The summed E-state index contributed by atoms with van der Waals surface area (Å²) in [5, 5.41) is 5.09. The van der Waals surface area contributed by atoms with Crippen LogP contribution in [-0.2, 0) is 4.74 Å². The fourth-order valence-corrected chi connectivity index (χ4v) is 2.08. The Kier molecular flexibility index (Phi) is 6.59. The van der Waals surface area contributed by atoms with E-state index in [1.54, 1.807) is 7.11 Å². The molecule has 2 amide bonds. The molecule has 0 saturated carbocycles. The van der Waals surface area contributed by atoms with Gasteiger partial charge in [0, 0.05) is 37.5 Å². The van der Waals surface area contributed by atoms with Crippen LogP contribution in [-0.4, -0.2) is 32.1 Å². The van der Waals surface area contributed by atoms with Gasteiger partial charge in [-0.15, -0.1) is 0 Å². The van der Waals surface area contributed by atoms with E-state index in [4.69, 9.17) is 4.74 Å². The zero-order valence-corrected chi connectivity index (χ0v) is 13.6. The van der Waals surface area contributed by atoms with Gasteiger partial charge in [-0.2, -0.15) is 0 Å². The van der Waals surface area contributed by atoms with Gasteiger partial charge in [-0.3, -0.25) is 9.59 Å². The molecule has 2 rings (SSSR count). The van der Waals surface area contributed by atoms with Crippen LogP contribution in [0.2, 0.25) is 0 Å². The number of ether oxygens (including phenoxy) is 1. The van der Waals surface area contributed by atoms with Crippen molar-refractivity contribution in [3.63, 3.8) is 0 Å². The molecular weight excluding hydrogens is 330 g/mol. The second-order valence-electron chi connectivity index (χ2n) is 5.26. The molecule has 0 spiro atoms. The number of carbonyl (C=O) groups excluding carboxylic acids is 2. The normalized spacial score (nSPS) is 10.4. The van der Waals surface area contributed by atoms with Crippen molar-refractivity contribution < 1.29 is 23.1 Å². The lowest BCUT2D eigenvalue weighted by Gasteiger charge is -2.08. The van der Waals surface area contributed by atoms with Gasteiger partial charge in [0.15, 0.2) is 0 Å². The third-order valence-corrected chi connectivity index (χ3v) is 3.40. The first-order valence-corrected chi connectivity index (χ1v) is 7.65. The fourth-order valence-electron chi connectivity index (χ4n) is 2.08. The Bertz CT molecular complexity index is 748. The summed E-state index contributed by atoms with van der Waals surface area (Å²) in [6.45, 7) is 1.04. The monoisotopic (exact) mass is 348 g/mol. The standard InChI is InChI=1S/C18H18F2N2O3/c1-25-10-2-9-21-17(23)12-3-5-13(6-4-12)18(24)22-16-8-7-14(19)11-15(16)20/h3-8,11H,2,9-10H2,1H3,(H,21,23)(H,22,24). The Morgan fingerprint density at radius 2 is 1.64 bits per heavy atom. The van der Waals surface area contributed by atoms with Crippen LogP contribution in [0.5, 0.6) is 0 Å². The van der Waals surface area contributed by atoms with Crippen LogP contribution in [0, 0.1) is 11.6 Å². The van der Waals surface area contributed by atoms with E-state index in [0.29, 0.717) is 31.2 Å². The zero-order valence-electron chi connectivity index (χ0n) is 13.6. The van der Waals surface area contributed by atoms with E-state index in [2.05, 4.69) is 10.6 Å². The van der Waals surface area contributed by atoms with Crippen molar-refractivity contribution in [1.29, 1.82) is 0 Å². The molecule has 0 aromatic heterocycles. The van der Waals surface area contributed by atoms with Gasteiger partial charge in [0.25, 0.3) is 11.8 Å². The Labute approximate surface area is 144 Å². The van der Waals surface area contributed by atoms with Crippen LogP contribution in [0.25, 0.3) is 0 Å². The highest BCUT2D eigenvalue weighted by molar-refractivity contribution is 6.05. The number of benzene rings is 2. The molecule has 0 aliphatic heterocycles. The quantitative estimate of drug-likeness (QED) is 0.756. The van der Waals surface area contributed by atoms with Crippen LogP contribution >= 0.6 is 0 Å². The molecule has 5 nitrogen and oxygen atoms in total. The molecule has 0 bridgehead atoms. The van der Waals surface area contributed by atoms with Gasteiger partial charge in [0.1, 0.15) is 11.6 Å². The number of hydrogen-bond donors (Lipinski definition) is 2. The molecule has 0 fully saturated rings. The van der Waals surface area contributed by atoms with Crippen LogP contribution < -0.4 is 10.6 Å². The molecule has 0 unspecified atom stereocenters. The number of hydrogen-bond acceptors (Lipinski definition) is 3. The third-order valence-electron chi connectivity index (χ3n) is 3.40. The summed E-state index contributed by atoms with van der Waals surface area (Å²) in [5.41, 5.74) is 0.535. The smallest absolute Gasteiger partial charge is 0.255 e. The van der Waals surface area contributed by atoms with Gasteiger partial charge in [-0.1, -0.05) is 0 Å². The van der Waals surface area contributed by atoms with Crippen molar-refractivity contribution in [3.05, 3.63) is 65.2 Å². The number of amides is 2. The first-order chi connectivity index (χ1) is 12.0. The van der Waals surface area contributed by atoms with Crippen LogP contribution in [0.15, 0.2) is 42.5 Å². The Morgan fingerprint density at radius 3 is 2.24 bits per heavy atom. The van der Waals surface area contributed by atoms with E-state index in [0.717, 1.165) is 12.1 Å². The van der Waals surface area contributed by atoms with E-state index in [1.807, 2.05) is 0 Å². The highest BCUT2D eigenvalue weighted by Crippen LogP contribution is 2.16. The van der Waals surface area contributed by atoms with Crippen molar-refractivity contribution >= 4 is 17.5 Å². The summed E-state index contributed by atoms with van der Waals surface area (Å²) in [6.07, 6.45) is 0.700. The molecule has 2 aromatic carbocycles. The number of nitrogens with one attached hydrogen (secondary N) is 2. The minimum Gasteiger partial charge on any atom is -0.385 e. The summed E-state index contributed by atoms with van der Waals surface area (Å²) >= 11 is 0. The zero-order chi connectivity index (χ0) is 18.2. The molecule has 7 heteroatoms.